The van der Waals surface area contributed by atoms with Gasteiger partial charge in [0, 0.05) is 27.8 Å². The van der Waals surface area contributed by atoms with Crippen LogP contribution in [-0.2, 0) is 11.8 Å². The van der Waals surface area contributed by atoms with Gasteiger partial charge >= 0.3 is 6.09 Å². The maximum Gasteiger partial charge on any atom is 0.425 e. The number of aryl methyl sites for hydroxylation is 1. The number of carbonyl (C=O) groups excluding carboxylic acids is 1. The molecule has 30 heavy (non-hydrogen) atoms. The molecule has 0 heterocycles. The van der Waals surface area contributed by atoms with Gasteiger partial charge in [-0.2, -0.15) is 0 Å². The molecular weight excluding hydrogens is 430 g/mol. The quantitative estimate of drug-likeness (QED) is 0.212. The van der Waals surface area contributed by atoms with E-state index in [0.29, 0.717) is 5.75 Å². The SMILES string of the molecule is CCCCc1cc(OC(=O)N(C)SSc2ccc(C(C)(C)C)cc2)ccc1SCC. The van der Waals surface area contributed by atoms with Crippen LogP contribution in [-0.4, -0.2) is 23.2 Å². The van der Waals surface area contributed by atoms with Crippen LogP contribution in [0.2, 0.25) is 0 Å². The fourth-order valence-corrected chi connectivity index (χ4v) is 5.26. The first-order valence-corrected chi connectivity index (χ1v) is 13.5. The van der Waals surface area contributed by atoms with Gasteiger partial charge in [0.25, 0.3) is 0 Å². The second-order valence-electron chi connectivity index (χ2n) is 8.10. The van der Waals surface area contributed by atoms with Crippen LogP contribution in [0.25, 0.3) is 0 Å². The van der Waals surface area contributed by atoms with E-state index in [2.05, 4.69) is 65.0 Å². The van der Waals surface area contributed by atoms with Gasteiger partial charge in [0.05, 0.1) is 0 Å². The average molecular weight is 464 g/mol. The molecular formula is C24H33NO2S3. The first kappa shape index (κ1) is 25.0. The summed E-state index contributed by atoms with van der Waals surface area (Å²) in [5.74, 6) is 1.64. The molecule has 0 saturated heterocycles. The third-order valence-electron chi connectivity index (χ3n) is 4.56. The van der Waals surface area contributed by atoms with E-state index in [4.69, 9.17) is 4.74 Å². The van der Waals surface area contributed by atoms with E-state index in [9.17, 15) is 4.79 Å². The molecule has 0 bridgehead atoms. The van der Waals surface area contributed by atoms with Gasteiger partial charge in [-0.15, -0.1) is 11.8 Å². The summed E-state index contributed by atoms with van der Waals surface area (Å²) in [4.78, 5) is 14.9. The predicted octanol–water partition coefficient (Wildman–Crippen LogP) is 8.22. The maximum absolute atomic E-state index is 12.5. The van der Waals surface area contributed by atoms with Crippen molar-refractivity contribution in [1.29, 1.82) is 0 Å². The van der Waals surface area contributed by atoms with Gasteiger partial charge in [0.15, 0.2) is 0 Å². The van der Waals surface area contributed by atoms with Crippen molar-refractivity contribution in [2.75, 3.05) is 12.8 Å². The van der Waals surface area contributed by atoms with Gasteiger partial charge in [-0.3, -0.25) is 0 Å². The smallest absolute Gasteiger partial charge is 0.410 e. The highest BCUT2D eigenvalue weighted by atomic mass is 33.1. The van der Waals surface area contributed by atoms with Crippen LogP contribution in [0, 0.1) is 0 Å². The standard InChI is InChI=1S/C24H33NO2S3/c1-7-9-10-18-17-20(13-16-22(18)28-8-2)27-23(26)25(6)30-29-21-14-11-19(12-15-21)24(3,4)5/h11-17H,7-10H2,1-6H3. The molecule has 0 spiro atoms. The molecule has 0 unspecified atom stereocenters. The lowest BCUT2D eigenvalue weighted by Gasteiger charge is -2.19. The first-order chi connectivity index (χ1) is 14.2. The largest absolute Gasteiger partial charge is 0.425 e. The Bertz CT molecular complexity index is 816. The lowest BCUT2D eigenvalue weighted by molar-refractivity contribution is 0.187. The highest BCUT2D eigenvalue weighted by molar-refractivity contribution is 8.75. The summed E-state index contributed by atoms with van der Waals surface area (Å²) in [5, 5.41) is 0. The number of nitrogens with zero attached hydrogens (tertiary/aromatic N) is 1. The van der Waals surface area contributed by atoms with Crippen molar-refractivity contribution in [1.82, 2.24) is 4.31 Å². The van der Waals surface area contributed by atoms with Crippen molar-refractivity contribution < 1.29 is 9.53 Å². The summed E-state index contributed by atoms with van der Waals surface area (Å²) in [7, 11) is 4.66. The molecule has 0 aliphatic carbocycles. The van der Waals surface area contributed by atoms with Crippen molar-refractivity contribution in [2.24, 2.45) is 0 Å². The van der Waals surface area contributed by atoms with Crippen LogP contribution in [0.15, 0.2) is 52.3 Å². The molecule has 6 heteroatoms. The summed E-state index contributed by atoms with van der Waals surface area (Å²) < 4.78 is 7.16. The zero-order valence-electron chi connectivity index (χ0n) is 18.9. The first-order valence-electron chi connectivity index (χ1n) is 10.4. The second kappa shape index (κ2) is 12.0. The molecule has 2 aromatic rings. The Labute approximate surface area is 194 Å². The zero-order chi connectivity index (χ0) is 22.1. The van der Waals surface area contributed by atoms with Crippen molar-refractivity contribution in [3.05, 3.63) is 53.6 Å². The van der Waals surface area contributed by atoms with Crippen molar-refractivity contribution in [3.63, 3.8) is 0 Å². The molecule has 2 aromatic carbocycles. The van der Waals surface area contributed by atoms with E-state index in [1.807, 2.05) is 23.9 Å². The Balaban J connectivity index is 1.94. The number of amides is 1. The monoisotopic (exact) mass is 463 g/mol. The third kappa shape index (κ3) is 7.78. The number of benzene rings is 2. The summed E-state index contributed by atoms with van der Waals surface area (Å²) in [6.07, 6.45) is 2.92. The van der Waals surface area contributed by atoms with Crippen LogP contribution in [0.4, 0.5) is 4.79 Å². The minimum Gasteiger partial charge on any atom is -0.410 e. The van der Waals surface area contributed by atoms with Crippen LogP contribution in [0.3, 0.4) is 0 Å². The molecule has 1 amide bonds. The predicted molar refractivity (Wildman–Crippen MR) is 134 cm³/mol. The molecule has 0 aliphatic heterocycles. The van der Waals surface area contributed by atoms with Crippen molar-refractivity contribution in [3.8, 4) is 5.75 Å². The van der Waals surface area contributed by atoms with Crippen molar-refractivity contribution in [2.45, 2.75) is 69.1 Å². The van der Waals surface area contributed by atoms with E-state index in [-0.39, 0.29) is 11.5 Å². The Hall–Kier alpha value is -1.24. The minimum absolute atomic E-state index is 0.137. The van der Waals surface area contributed by atoms with Crippen LogP contribution in [0.5, 0.6) is 5.75 Å². The molecule has 164 valence electrons. The van der Waals surface area contributed by atoms with Crippen molar-refractivity contribution >= 4 is 39.6 Å². The summed E-state index contributed by atoms with van der Waals surface area (Å²) >= 11 is 1.84. The Morgan fingerprint density at radius 2 is 1.77 bits per heavy atom. The third-order valence-corrected chi connectivity index (χ3v) is 7.94. The molecule has 2 rings (SSSR count). The lowest BCUT2D eigenvalue weighted by atomic mass is 9.87. The maximum atomic E-state index is 12.5. The number of carbonyl (C=O) groups is 1. The summed E-state index contributed by atoms with van der Waals surface area (Å²) in [5.41, 5.74) is 2.70. The molecule has 0 atom stereocenters. The van der Waals surface area contributed by atoms with E-state index in [1.165, 1.54) is 31.3 Å². The molecule has 0 saturated carbocycles. The fourth-order valence-electron chi connectivity index (χ4n) is 2.78. The molecule has 0 radical (unpaired) electrons. The average Bonchev–Trinajstić information content (AvgIpc) is 2.71. The molecule has 0 aromatic heterocycles. The van der Waals surface area contributed by atoms with Gasteiger partial charge < -0.3 is 4.74 Å². The highest BCUT2D eigenvalue weighted by Crippen LogP contribution is 2.35. The normalized spacial score (nSPS) is 11.4. The zero-order valence-corrected chi connectivity index (χ0v) is 21.3. The highest BCUT2D eigenvalue weighted by Gasteiger charge is 2.16. The van der Waals surface area contributed by atoms with Gasteiger partial charge in [-0.25, -0.2) is 9.10 Å². The van der Waals surface area contributed by atoms with Gasteiger partial charge in [0.2, 0.25) is 0 Å². The van der Waals surface area contributed by atoms with Crippen LogP contribution in [0.1, 0.15) is 58.6 Å². The fraction of sp³-hybridized carbons (Fsp3) is 0.458. The number of hydrogen-bond donors (Lipinski definition) is 0. The number of hydrogen-bond acceptors (Lipinski definition) is 5. The van der Waals surface area contributed by atoms with E-state index >= 15 is 0 Å². The Kier molecular flexibility index (Phi) is 9.98. The number of thioether (sulfide) groups is 1. The van der Waals surface area contributed by atoms with E-state index in [0.717, 1.165) is 29.9 Å². The Morgan fingerprint density at radius 3 is 2.37 bits per heavy atom. The van der Waals surface area contributed by atoms with E-state index < -0.39 is 0 Å². The summed E-state index contributed by atoms with van der Waals surface area (Å²) in [6.45, 7) is 11.0. The minimum atomic E-state index is -0.365. The molecule has 0 N–H and O–H groups in total. The Morgan fingerprint density at radius 1 is 1.07 bits per heavy atom. The van der Waals surface area contributed by atoms with Gasteiger partial charge in [-0.05, 0) is 76.3 Å². The number of unbranched alkanes of at least 4 members (excludes halogenated alkanes) is 1. The van der Waals surface area contributed by atoms with Crippen LogP contribution >= 0.6 is 33.5 Å². The molecule has 0 fully saturated rings. The van der Waals surface area contributed by atoms with Crippen LogP contribution < -0.4 is 4.74 Å². The van der Waals surface area contributed by atoms with Gasteiger partial charge in [0.1, 0.15) is 5.75 Å². The molecule has 3 nitrogen and oxygen atoms in total. The topological polar surface area (TPSA) is 29.5 Å². The van der Waals surface area contributed by atoms with Gasteiger partial charge in [-0.1, -0.05) is 53.2 Å². The van der Waals surface area contributed by atoms with E-state index in [1.54, 1.807) is 17.8 Å². The summed E-state index contributed by atoms with van der Waals surface area (Å²) in [6, 6.07) is 14.5. The molecule has 0 aliphatic rings. The second-order valence-corrected chi connectivity index (χ2v) is 11.7. The lowest BCUT2D eigenvalue weighted by Crippen LogP contribution is -2.22. The number of ether oxygens (including phenoxy) is 1. The number of rotatable bonds is 9.